The van der Waals surface area contributed by atoms with Crippen molar-refractivity contribution >= 4 is 99.6 Å². The van der Waals surface area contributed by atoms with Gasteiger partial charge in [-0.2, -0.15) is 4.89 Å². The van der Waals surface area contributed by atoms with E-state index in [1.54, 1.807) is 69.2 Å². The molecule has 0 spiro atoms. The van der Waals surface area contributed by atoms with Gasteiger partial charge in [0.25, 0.3) is 0 Å². The van der Waals surface area contributed by atoms with Gasteiger partial charge in [-0.15, -0.1) is 0 Å². The summed E-state index contributed by atoms with van der Waals surface area (Å²) in [6.45, 7) is 22.3. The van der Waals surface area contributed by atoms with Gasteiger partial charge >= 0.3 is 70.9 Å². The molecule has 0 bridgehead atoms. The summed E-state index contributed by atoms with van der Waals surface area (Å²) >= 11 is 2.93. The van der Waals surface area contributed by atoms with Crippen LogP contribution in [0, 0.1) is 0 Å². The number of benzene rings is 3. The van der Waals surface area contributed by atoms with Gasteiger partial charge in [0.1, 0.15) is 12.4 Å². The molecule has 6 unspecified atom stereocenters. The van der Waals surface area contributed by atoms with Crippen molar-refractivity contribution in [1.29, 1.82) is 0 Å². The zero-order valence-electron chi connectivity index (χ0n) is 50.5. The maximum atomic E-state index is 11.7. The number of carbonyl (C=O) groups is 10. The Labute approximate surface area is 526 Å². The summed E-state index contributed by atoms with van der Waals surface area (Å²) in [6, 6.07) is 32.3. The fraction of sp³-hybridized carbons (Fsp3) is 0.467. The van der Waals surface area contributed by atoms with Crippen LogP contribution in [0.3, 0.4) is 0 Å². The molecule has 0 saturated carbocycles. The molecule has 0 aliphatic carbocycles. The minimum Gasteiger partial charge on any atom is -1.00 e. The molecule has 87 heavy (non-hydrogen) atoms. The van der Waals surface area contributed by atoms with E-state index in [9.17, 15) is 47.9 Å². The van der Waals surface area contributed by atoms with Crippen molar-refractivity contribution in [3.05, 3.63) is 115 Å². The Morgan fingerprint density at radius 2 is 0.977 bits per heavy atom. The Morgan fingerprint density at radius 3 is 1.30 bits per heavy atom. The van der Waals surface area contributed by atoms with E-state index in [2.05, 4.69) is 123 Å². The standard InChI is InChI=1S/C18H15P.C12H16O6.C9H14O5.C8H11BrO5.C8H12O5.C5H8O3.BrH/c1-4-10-16(11-5-1)19(17-12-6-2-7-13-17)18-14-8-3-9-15-18;1-4-12(11(15)16-5-2)17-9(10(14)18-12)7-6-8(3)13;1-4-9(8(11)12-5-2)13-6(3)7(10)14-9;1-3-8(7(11)12-4-2)13-5(9)6(10)14-8;1-3-8(7(10)11-4-2)12-5-6(9)13-8;1-3-7-8-5(2)4-6;/h1-15H;7H,4-6H2,1-3H3;6H,4-5H2,1-3H3;5H,3-4H2,1-2H3;3-5H2,1-2H3;4H,2-3H2,1H3;1H/p-1/b;9-7-;;;;;. The van der Waals surface area contributed by atoms with Crippen molar-refractivity contribution in [1.82, 2.24) is 0 Å². The molecule has 0 aromatic heterocycles. The number of hydrogen-bond acceptors (Lipinski definition) is 24. The second-order valence-corrected chi connectivity index (χ2v) is 20.5. The van der Waals surface area contributed by atoms with Crippen LogP contribution >= 0.6 is 23.9 Å². The number of aldehydes is 1. The van der Waals surface area contributed by atoms with Crippen molar-refractivity contribution in [3.63, 3.8) is 0 Å². The van der Waals surface area contributed by atoms with Crippen LogP contribution in [-0.4, -0.2) is 134 Å². The highest BCUT2D eigenvalue weighted by Gasteiger charge is 2.55. The fourth-order valence-electron chi connectivity index (χ4n) is 7.14. The molecular formula is C60H76Br2O24P-. The van der Waals surface area contributed by atoms with E-state index < -0.39 is 89.9 Å². The van der Waals surface area contributed by atoms with Gasteiger partial charge in [-0.25, -0.2) is 38.4 Å². The number of hydrogen-bond donors (Lipinski definition) is 0. The zero-order chi connectivity index (χ0) is 64.5. The Hall–Kier alpha value is -6.93. The lowest BCUT2D eigenvalue weighted by molar-refractivity contribution is -0.254. The molecule has 7 rings (SSSR count). The van der Waals surface area contributed by atoms with Gasteiger partial charge < -0.3 is 78.7 Å². The lowest BCUT2D eigenvalue weighted by Crippen LogP contribution is -3.00. The average Bonchev–Trinajstić information content (AvgIpc) is 3.74. The first-order valence-corrected chi connectivity index (χ1v) is 29.7. The average molecular weight is 1370 g/mol. The summed E-state index contributed by atoms with van der Waals surface area (Å²) in [7, 11) is -0.446. The molecule has 6 atom stereocenters. The minimum absolute atomic E-state index is 0. The molecule has 4 heterocycles. The molecule has 4 saturated heterocycles. The molecule has 3 aromatic rings. The van der Waals surface area contributed by atoms with Crippen molar-refractivity contribution in [2.45, 2.75) is 143 Å². The van der Waals surface area contributed by atoms with Crippen LogP contribution in [0.2, 0.25) is 0 Å². The maximum Gasteiger partial charge on any atom is 0.392 e. The van der Waals surface area contributed by atoms with Crippen LogP contribution < -0.4 is 32.9 Å². The Balaban J connectivity index is 0.000000530. The van der Waals surface area contributed by atoms with Gasteiger partial charge in [0.05, 0.1) is 33.0 Å². The number of allylic oxidation sites excluding steroid dienone is 2. The number of carbonyl (C=O) groups excluding carboxylic acids is 10. The first-order valence-electron chi connectivity index (χ1n) is 27.5. The van der Waals surface area contributed by atoms with Gasteiger partial charge in [0.15, 0.2) is 18.1 Å². The fourth-order valence-corrected chi connectivity index (χ4v) is 9.84. The third-order valence-corrected chi connectivity index (χ3v) is 14.4. The highest BCUT2D eigenvalue weighted by atomic mass is 79.9. The monoisotopic (exact) mass is 1370 g/mol. The van der Waals surface area contributed by atoms with Gasteiger partial charge in [-0.05, 0) is 101 Å². The van der Waals surface area contributed by atoms with Gasteiger partial charge in [0.2, 0.25) is 10.8 Å². The van der Waals surface area contributed by atoms with Crippen molar-refractivity contribution in [2.24, 2.45) is 0 Å². The first kappa shape index (κ1) is 78.1. The normalized spacial score (nSPS) is 22.3. The molecule has 3 aromatic carbocycles. The topological polar surface area (TPSA) is 300 Å². The van der Waals surface area contributed by atoms with E-state index in [1.807, 2.05) is 0 Å². The molecule has 0 amide bonds. The Bertz CT molecular complexity index is 2610. The first-order chi connectivity index (χ1) is 41.0. The van der Waals surface area contributed by atoms with E-state index in [0.29, 0.717) is 12.9 Å². The molecular weight excluding hydrogens is 1300 g/mol. The van der Waals surface area contributed by atoms with Gasteiger partial charge in [-0.1, -0.05) is 119 Å². The smallest absolute Gasteiger partial charge is 0.392 e. The Kier molecular flexibility index (Phi) is 35.7. The Morgan fingerprint density at radius 1 is 0.575 bits per heavy atom. The molecule has 4 fully saturated rings. The van der Waals surface area contributed by atoms with Crippen LogP contribution in [0.1, 0.15) is 108 Å². The maximum absolute atomic E-state index is 11.7. The lowest BCUT2D eigenvalue weighted by Gasteiger charge is -2.22. The number of ether oxygens (including phenoxy) is 12. The van der Waals surface area contributed by atoms with Crippen molar-refractivity contribution in [3.8, 4) is 0 Å². The summed E-state index contributed by atoms with van der Waals surface area (Å²) in [5, 5.41) is 3.30. The van der Waals surface area contributed by atoms with E-state index in [-0.39, 0.29) is 99.4 Å². The number of ketones is 1. The molecule has 24 nitrogen and oxygen atoms in total. The molecule has 0 N–H and O–H groups in total. The van der Waals surface area contributed by atoms with E-state index in [0.717, 1.165) is 0 Å². The summed E-state index contributed by atoms with van der Waals surface area (Å²) in [4.78, 5) is 120. The van der Waals surface area contributed by atoms with Crippen molar-refractivity contribution < 1.29 is 132 Å². The van der Waals surface area contributed by atoms with Gasteiger partial charge in [0, 0.05) is 32.1 Å². The predicted molar refractivity (Wildman–Crippen MR) is 311 cm³/mol. The van der Waals surface area contributed by atoms with E-state index in [4.69, 9.17) is 56.8 Å². The SMILES string of the molecule is C=C(C=O)OOCC.CCOC(=O)C1(CC)OC(=O)/C(=C/CC(C)=O)O1.CCOC(=O)C1(CC)OC(=O)C(Br)O1.CCOC(=O)C1(CC)OC(=O)C(C)O1.CCOC(=O)C1(CC)OCC(=O)O1.[Br-].c1ccc(P(c2ccccc2)c2ccccc2)cc1. The van der Waals surface area contributed by atoms with Crippen molar-refractivity contribution in [2.75, 3.05) is 39.6 Å². The summed E-state index contributed by atoms with van der Waals surface area (Å²) < 4.78 is 59.0. The van der Waals surface area contributed by atoms with Gasteiger partial charge in [-0.3, -0.25) is 9.59 Å². The molecule has 480 valence electrons. The second-order valence-electron chi connectivity index (χ2n) is 17.5. The quantitative estimate of drug-likeness (QED) is 0.0167. The number of Topliss-reactive ketones (excluding diaryl/α,β-unsaturated/α-hetero) is 1. The van der Waals surface area contributed by atoms with Crippen LogP contribution in [-0.2, 0) is 115 Å². The van der Waals surface area contributed by atoms with Crippen LogP contribution in [0.15, 0.2) is 115 Å². The summed E-state index contributed by atoms with van der Waals surface area (Å²) in [5.74, 6) is -11.7. The predicted octanol–water partition coefficient (Wildman–Crippen LogP) is 4.01. The number of halogens is 2. The van der Waals surface area contributed by atoms with Crippen LogP contribution in [0.25, 0.3) is 0 Å². The number of alkyl halides is 1. The molecule has 27 heteroatoms. The van der Waals surface area contributed by atoms with Crippen LogP contribution in [0.5, 0.6) is 0 Å². The number of cyclic esters (lactones) is 4. The molecule has 4 aliphatic heterocycles. The molecule has 0 radical (unpaired) electrons. The second kappa shape index (κ2) is 39.8. The highest BCUT2D eigenvalue weighted by molar-refractivity contribution is 9.09. The largest absolute Gasteiger partial charge is 1.00 e. The number of rotatable bonds is 21. The van der Waals surface area contributed by atoms with E-state index in [1.165, 1.54) is 28.9 Å². The third kappa shape index (κ3) is 23.6. The minimum atomic E-state index is -1.71. The highest BCUT2D eigenvalue weighted by Crippen LogP contribution is 2.35. The zero-order valence-corrected chi connectivity index (χ0v) is 54.5. The third-order valence-electron chi connectivity index (χ3n) is 11.4. The lowest BCUT2D eigenvalue weighted by atomic mass is 10.2. The molecule has 4 aliphatic rings. The van der Waals surface area contributed by atoms with E-state index >= 15 is 0 Å². The number of esters is 8. The van der Waals surface area contributed by atoms with Crippen LogP contribution in [0.4, 0.5) is 0 Å². The summed E-state index contributed by atoms with van der Waals surface area (Å²) in [5.41, 5.74) is 0. The summed E-state index contributed by atoms with van der Waals surface area (Å²) in [6.07, 6.45) is 2.00.